The molecule has 0 radical (unpaired) electrons. The molecule has 0 saturated heterocycles. The van der Waals surface area contributed by atoms with Crippen molar-refractivity contribution in [3.05, 3.63) is 30.4 Å². The number of hydrogen-bond donors (Lipinski definition) is 1. The Hall–Kier alpha value is -2.96. The van der Waals surface area contributed by atoms with Gasteiger partial charge >= 0.3 is 6.18 Å². The van der Waals surface area contributed by atoms with Gasteiger partial charge in [-0.3, -0.25) is 9.55 Å². The summed E-state index contributed by atoms with van der Waals surface area (Å²) in [6.45, 7) is 0.520. The normalized spacial score (nSPS) is 12.8. The summed E-state index contributed by atoms with van der Waals surface area (Å²) in [5.41, 5.74) is 6.22. The van der Waals surface area contributed by atoms with Crippen LogP contribution in [0.1, 0.15) is 18.0 Å². The van der Waals surface area contributed by atoms with Gasteiger partial charge in [0, 0.05) is 32.1 Å². The lowest BCUT2D eigenvalue weighted by Crippen LogP contribution is -2.19. The summed E-state index contributed by atoms with van der Waals surface area (Å²) in [6, 6.07) is 3.15. The maximum Gasteiger partial charge on any atom is 0.406 e. The standard InChI is InChI=1S/C16H18F3N9S/c1-9(11-22-13(20)24-14(23-11)27(2)3)29-15-26-25-12(10-4-6-21-7-5-10)28(15)8-16(17,18)19/h4-7,9H,8H2,1-3H3,(H2,20,22,23,24). The Bertz CT molecular complexity index is 976. The maximum atomic E-state index is 13.2. The van der Waals surface area contributed by atoms with Crippen molar-refractivity contribution in [2.24, 2.45) is 0 Å². The molecule has 1 atom stereocenters. The Morgan fingerprint density at radius 1 is 1.14 bits per heavy atom. The molecule has 3 aromatic rings. The van der Waals surface area contributed by atoms with Crippen LogP contribution in [-0.2, 0) is 6.54 Å². The number of nitrogen functional groups attached to an aromatic ring is 1. The predicted octanol–water partition coefficient (Wildman–Crippen LogP) is 2.59. The van der Waals surface area contributed by atoms with Crippen LogP contribution in [0.25, 0.3) is 11.4 Å². The quantitative estimate of drug-likeness (QED) is 0.596. The number of halogens is 3. The highest BCUT2D eigenvalue weighted by atomic mass is 32.2. The second-order valence-corrected chi connectivity index (χ2v) is 7.56. The molecule has 0 amide bonds. The molecule has 0 saturated carbocycles. The molecule has 1 unspecified atom stereocenters. The average Bonchev–Trinajstić information content (AvgIpc) is 3.02. The van der Waals surface area contributed by atoms with Gasteiger partial charge in [-0.05, 0) is 19.1 Å². The molecule has 154 valence electrons. The third-order valence-corrected chi connectivity index (χ3v) is 4.77. The molecule has 2 N–H and O–H groups in total. The van der Waals surface area contributed by atoms with E-state index in [1.54, 1.807) is 38.1 Å². The molecule has 3 rings (SSSR count). The fraction of sp³-hybridized carbons (Fsp3) is 0.375. The minimum Gasteiger partial charge on any atom is -0.368 e. The van der Waals surface area contributed by atoms with E-state index < -0.39 is 18.0 Å². The molecule has 0 fully saturated rings. The first-order valence-electron chi connectivity index (χ1n) is 8.40. The van der Waals surface area contributed by atoms with Crippen LogP contribution < -0.4 is 10.6 Å². The van der Waals surface area contributed by atoms with Crippen molar-refractivity contribution in [2.75, 3.05) is 24.7 Å². The number of rotatable bonds is 6. The van der Waals surface area contributed by atoms with Crippen LogP contribution >= 0.6 is 11.8 Å². The number of anilines is 2. The largest absolute Gasteiger partial charge is 0.406 e. The van der Waals surface area contributed by atoms with Gasteiger partial charge in [0.05, 0.1) is 5.25 Å². The molecule has 0 aliphatic rings. The van der Waals surface area contributed by atoms with Gasteiger partial charge in [-0.25, -0.2) is 0 Å². The van der Waals surface area contributed by atoms with E-state index in [1.165, 1.54) is 12.4 Å². The van der Waals surface area contributed by atoms with E-state index in [1.807, 2.05) is 0 Å². The van der Waals surface area contributed by atoms with Crippen LogP contribution in [0, 0.1) is 0 Å². The van der Waals surface area contributed by atoms with E-state index in [9.17, 15) is 13.2 Å². The number of aromatic nitrogens is 7. The molecular formula is C16H18F3N9S. The zero-order valence-corrected chi connectivity index (χ0v) is 16.6. The highest BCUT2D eigenvalue weighted by Crippen LogP contribution is 2.35. The zero-order valence-electron chi connectivity index (χ0n) is 15.8. The minimum atomic E-state index is -4.45. The summed E-state index contributed by atoms with van der Waals surface area (Å²) in [5, 5.41) is 7.57. The van der Waals surface area contributed by atoms with E-state index in [2.05, 4.69) is 30.1 Å². The molecule has 0 bridgehead atoms. The number of nitrogens with zero attached hydrogens (tertiary/aromatic N) is 8. The van der Waals surface area contributed by atoms with Crippen molar-refractivity contribution < 1.29 is 13.2 Å². The summed E-state index contributed by atoms with van der Waals surface area (Å²) in [7, 11) is 3.49. The molecule has 3 heterocycles. The number of pyridine rings is 1. The Balaban J connectivity index is 1.96. The molecule has 13 heteroatoms. The molecule has 0 spiro atoms. The summed E-state index contributed by atoms with van der Waals surface area (Å²) >= 11 is 1.06. The lowest BCUT2D eigenvalue weighted by atomic mass is 10.2. The first-order chi connectivity index (χ1) is 13.6. The Labute approximate surface area is 168 Å². The summed E-state index contributed by atoms with van der Waals surface area (Å²) in [5.74, 6) is 0.816. The highest BCUT2D eigenvalue weighted by molar-refractivity contribution is 7.99. The van der Waals surface area contributed by atoms with Gasteiger partial charge in [0.15, 0.2) is 11.0 Å². The third kappa shape index (κ3) is 5.10. The van der Waals surface area contributed by atoms with E-state index in [4.69, 9.17) is 5.73 Å². The van der Waals surface area contributed by atoms with Crippen molar-refractivity contribution in [1.82, 2.24) is 34.7 Å². The van der Waals surface area contributed by atoms with Gasteiger partial charge in [0.25, 0.3) is 0 Å². The van der Waals surface area contributed by atoms with Crippen molar-refractivity contribution in [2.45, 2.75) is 30.1 Å². The Morgan fingerprint density at radius 2 is 1.83 bits per heavy atom. The molecule has 3 aromatic heterocycles. The topological polar surface area (TPSA) is 112 Å². The van der Waals surface area contributed by atoms with Crippen LogP contribution in [0.2, 0.25) is 0 Å². The fourth-order valence-electron chi connectivity index (χ4n) is 2.40. The second kappa shape index (κ2) is 8.19. The van der Waals surface area contributed by atoms with Gasteiger partial charge in [-0.2, -0.15) is 28.1 Å². The van der Waals surface area contributed by atoms with Crippen molar-refractivity contribution in [3.63, 3.8) is 0 Å². The second-order valence-electron chi connectivity index (χ2n) is 6.25. The minimum absolute atomic E-state index is 0.0281. The van der Waals surface area contributed by atoms with Crippen LogP contribution in [0.3, 0.4) is 0 Å². The average molecular weight is 425 g/mol. The zero-order chi connectivity index (χ0) is 21.2. The maximum absolute atomic E-state index is 13.2. The SMILES string of the molecule is CC(Sc1nnc(-c2ccncc2)n1CC(F)(F)F)c1nc(N)nc(N(C)C)n1. The van der Waals surface area contributed by atoms with Gasteiger partial charge in [0.1, 0.15) is 12.4 Å². The van der Waals surface area contributed by atoms with Crippen molar-refractivity contribution in [3.8, 4) is 11.4 Å². The Kier molecular flexibility index (Phi) is 5.86. The van der Waals surface area contributed by atoms with Crippen molar-refractivity contribution >= 4 is 23.7 Å². The van der Waals surface area contributed by atoms with Crippen LogP contribution in [-0.4, -0.2) is 55.0 Å². The molecule has 0 aliphatic carbocycles. The first-order valence-corrected chi connectivity index (χ1v) is 9.28. The van der Waals surface area contributed by atoms with Gasteiger partial charge < -0.3 is 10.6 Å². The molecular weight excluding hydrogens is 407 g/mol. The summed E-state index contributed by atoms with van der Waals surface area (Å²) < 4.78 is 40.6. The Morgan fingerprint density at radius 3 is 2.45 bits per heavy atom. The third-order valence-electron chi connectivity index (χ3n) is 3.70. The smallest absolute Gasteiger partial charge is 0.368 e. The van der Waals surface area contributed by atoms with E-state index in [0.717, 1.165) is 16.3 Å². The number of thioether (sulfide) groups is 1. The van der Waals surface area contributed by atoms with Crippen molar-refractivity contribution in [1.29, 1.82) is 0 Å². The monoisotopic (exact) mass is 425 g/mol. The fourth-order valence-corrected chi connectivity index (χ4v) is 3.30. The highest BCUT2D eigenvalue weighted by Gasteiger charge is 2.32. The number of nitrogens with two attached hydrogens (primary N) is 1. The van der Waals surface area contributed by atoms with Gasteiger partial charge in [-0.15, -0.1) is 10.2 Å². The van der Waals surface area contributed by atoms with Crippen LogP contribution in [0.5, 0.6) is 0 Å². The predicted molar refractivity (Wildman–Crippen MR) is 102 cm³/mol. The lowest BCUT2D eigenvalue weighted by Gasteiger charge is -2.16. The molecule has 9 nitrogen and oxygen atoms in total. The van der Waals surface area contributed by atoms with E-state index in [0.29, 0.717) is 17.3 Å². The molecule has 0 aliphatic heterocycles. The molecule has 0 aromatic carbocycles. The van der Waals surface area contributed by atoms with E-state index >= 15 is 0 Å². The van der Waals surface area contributed by atoms with Gasteiger partial charge in [-0.1, -0.05) is 11.8 Å². The molecule has 29 heavy (non-hydrogen) atoms. The number of alkyl halides is 3. The number of hydrogen-bond acceptors (Lipinski definition) is 9. The summed E-state index contributed by atoms with van der Waals surface area (Å²) in [6.07, 6.45) is -1.49. The first kappa shape index (κ1) is 20.8. The van der Waals surface area contributed by atoms with Crippen LogP contribution in [0.4, 0.5) is 25.1 Å². The van der Waals surface area contributed by atoms with Gasteiger partial charge in [0.2, 0.25) is 11.9 Å². The summed E-state index contributed by atoms with van der Waals surface area (Å²) in [4.78, 5) is 18.0. The van der Waals surface area contributed by atoms with Crippen LogP contribution in [0.15, 0.2) is 29.7 Å². The van der Waals surface area contributed by atoms with E-state index in [-0.39, 0.29) is 16.9 Å². The lowest BCUT2D eigenvalue weighted by molar-refractivity contribution is -0.141.